The predicted molar refractivity (Wildman–Crippen MR) is 64.8 cm³/mol. The molecule has 0 saturated heterocycles. The highest BCUT2D eigenvalue weighted by atomic mass is 32.2. The molecule has 1 aromatic rings. The fraction of sp³-hybridized carbons (Fsp3) is 0. The van der Waals surface area contributed by atoms with E-state index in [0.29, 0.717) is 6.08 Å². The van der Waals surface area contributed by atoms with Crippen molar-refractivity contribution in [1.29, 1.82) is 0 Å². The van der Waals surface area contributed by atoms with E-state index in [1.807, 2.05) is 0 Å². The van der Waals surface area contributed by atoms with Crippen LogP contribution in [0.15, 0.2) is 40.9 Å². The molecule has 0 saturated carbocycles. The zero-order valence-corrected chi connectivity index (χ0v) is 10.2. The number of carboxylic acid groups (broad SMARTS) is 1. The first kappa shape index (κ1) is 14.7. The van der Waals surface area contributed by atoms with Gasteiger partial charge in [0.25, 0.3) is 16.0 Å². The van der Waals surface area contributed by atoms with Gasteiger partial charge < -0.3 is 16.2 Å². The number of carbonyl (C=O) groups is 2. The Balaban J connectivity index is 2.82. The number of hydrogen-bond donors (Lipinski definition) is 4. The van der Waals surface area contributed by atoms with Crippen molar-refractivity contribution in [2.24, 2.45) is 5.73 Å². The van der Waals surface area contributed by atoms with E-state index in [9.17, 15) is 18.0 Å². The highest BCUT2D eigenvalue weighted by Gasteiger charge is 2.09. The van der Waals surface area contributed by atoms with Crippen LogP contribution in [0.2, 0.25) is 0 Å². The molecule has 0 unspecified atom stereocenters. The highest BCUT2D eigenvalue weighted by Crippen LogP contribution is 2.13. The van der Waals surface area contributed by atoms with E-state index in [1.54, 1.807) is 0 Å². The van der Waals surface area contributed by atoms with Crippen LogP contribution in [-0.4, -0.2) is 30.0 Å². The maximum absolute atomic E-state index is 11.3. The summed E-state index contributed by atoms with van der Waals surface area (Å²) in [5, 5.41) is 10.7. The normalized spacial score (nSPS) is 11.9. The number of hydrogen-bond acceptors (Lipinski definition) is 5. The minimum absolute atomic E-state index is 0.215. The second kappa shape index (κ2) is 5.50. The Hall–Kier alpha value is -2.39. The molecule has 102 valence electrons. The van der Waals surface area contributed by atoms with E-state index >= 15 is 0 Å². The zero-order valence-electron chi connectivity index (χ0n) is 9.40. The van der Waals surface area contributed by atoms with Gasteiger partial charge in [-0.3, -0.25) is 9.35 Å². The third-order valence-electron chi connectivity index (χ3n) is 1.95. The van der Waals surface area contributed by atoms with Crippen molar-refractivity contribution in [3.63, 3.8) is 0 Å². The summed E-state index contributed by atoms with van der Waals surface area (Å²) in [5.41, 5.74) is 4.62. The number of amides is 1. The summed E-state index contributed by atoms with van der Waals surface area (Å²) in [4.78, 5) is 21.4. The molecule has 0 spiro atoms. The number of aliphatic carboxylic acids is 1. The lowest BCUT2D eigenvalue weighted by Gasteiger charge is -2.03. The number of rotatable bonds is 4. The number of anilines is 1. The maximum Gasteiger partial charge on any atom is 0.351 e. The monoisotopic (exact) mass is 286 g/mol. The van der Waals surface area contributed by atoms with E-state index in [2.05, 4.69) is 5.32 Å². The van der Waals surface area contributed by atoms with E-state index in [1.165, 1.54) is 12.1 Å². The Morgan fingerprint density at radius 1 is 1.21 bits per heavy atom. The number of benzene rings is 1. The molecule has 0 aliphatic rings. The summed E-state index contributed by atoms with van der Waals surface area (Å²) in [6, 6.07) is 4.61. The van der Waals surface area contributed by atoms with E-state index in [0.717, 1.165) is 12.1 Å². The quantitative estimate of drug-likeness (QED) is 0.442. The molecular weight excluding hydrogens is 276 g/mol. The first-order valence-electron chi connectivity index (χ1n) is 4.79. The lowest BCUT2D eigenvalue weighted by Crippen LogP contribution is -2.16. The Morgan fingerprint density at radius 3 is 2.16 bits per heavy atom. The first-order valence-corrected chi connectivity index (χ1v) is 6.23. The molecule has 0 radical (unpaired) electrons. The van der Waals surface area contributed by atoms with E-state index in [4.69, 9.17) is 15.4 Å². The number of carbonyl (C=O) groups excluding carboxylic acids is 1. The zero-order chi connectivity index (χ0) is 14.6. The van der Waals surface area contributed by atoms with Gasteiger partial charge in [0.15, 0.2) is 0 Å². The maximum atomic E-state index is 11.3. The van der Waals surface area contributed by atoms with Crippen molar-refractivity contribution >= 4 is 27.7 Å². The van der Waals surface area contributed by atoms with Crippen LogP contribution < -0.4 is 11.1 Å². The molecular formula is C10H10N2O6S. The summed E-state index contributed by atoms with van der Waals surface area (Å²) in [7, 11) is -4.30. The van der Waals surface area contributed by atoms with Crippen molar-refractivity contribution < 1.29 is 27.7 Å². The summed E-state index contributed by atoms with van der Waals surface area (Å²) < 4.78 is 30.3. The van der Waals surface area contributed by atoms with Crippen LogP contribution in [-0.2, 0) is 19.7 Å². The second-order valence-corrected chi connectivity index (χ2v) is 4.82. The Labute approximate surface area is 108 Å². The molecule has 0 aliphatic heterocycles. The van der Waals surface area contributed by atoms with Gasteiger partial charge in [0, 0.05) is 11.8 Å². The summed E-state index contributed by atoms with van der Waals surface area (Å²) in [6.07, 6.45) is 0.680. The standard InChI is InChI=1S/C10H10N2O6S/c11-8(10(14)15)5-9(13)12-6-1-3-7(4-2-6)19(16,17)18/h1-5H,11H2,(H,12,13)(H,14,15)(H,16,17,18). The van der Waals surface area contributed by atoms with E-state index in [-0.39, 0.29) is 10.6 Å². The van der Waals surface area contributed by atoms with Crippen LogP contribution >= 0.6 is 0 Å². The van der Waals surface area contributed by atoms with Crippen LogP contribution in [0.25, 0.3) is 0 Å². The average molecular weight is 286 g/mol. The van der Waals surface area contributed by atoms with Gasteiger partial charge in [0.05, 0.1) is 4.90 Å². The molecule has 0 aromatic heterocycles. The molecule has 0 aliphatic carbocycles. The third kappa shape index (κ3) is 4.41. The smallest absolute Gasteiger partial charge is 0.351 e. The molecule has 8 nitrogen and oxygen atoms in total. The Bertz CT molecular complexity index is 632. The first-order chi connectivity index (χ1) is 8.70. The minimum Gasteiger partial charge on any atom is -0.477 e. The minimum atomic E-state index is -4.30. The van der Waals surface area contributed by atoms with Gasteiger partial charge in [-0.25, -0.2) is 4.79 Å². The molecule has 9 heteroatoms. The molecule has 0 atom stereocenters. The lowest BCUT2D eigenvalue weighted by molar-refractivity contribution is -0.133. The van der Waals surface area contributed by atoms with Gasteiger partial charge in [-0.1, -0.05) is 0 Å². The Morgan fingerprint density at radius 2 is 1.74 bits per heavy atom. The molecule has 0 fully saturated rings. The van der Waals surface area contributed by atoms with Crippen molar-refractivity contribution in [2.75, 3.05) is 5.32 Å². The fourth-order valence-electron chi connectivity index (χ4n) is 1.09. The van der Waals surface area contributed by atoms with E-state index < -0.39 is 27.7 Å². The van der Waals surface area contributed by atoms with Crippen LogP contribution in [0.5, 0.6) is 0 Å². The van der Waals surface area contributed by atoms with Gasteiger partial charge in [0.2, 0.25) is 0 Å². The van der Waals surface area contributed by atoms with Crippen LogP contribution in [0.4, 0.5) is 5.69 Å². The Kier molecular flexibility index (Phi) is 4.25. The topological polar surface area (TPSA) is 147 Å². The number of carboxylic acids is 1. The predicted octanol–water partition coefficient (Wildman–Crippen LogP) is -0.201. The third-order valence-corrected chi connectivity index (χ3v) is 2.82. The van der Waals surface area contributed by atoms with Crippen LogP contribution in [0, 0.1) is 0 Å². The van der Waals surface area contributed by atoms with Crippen molar-refractivity contribution in [1.82, 2.24) is 0 Å². The summed E-state index contributed by atoms with van der Waals surface area (Å²) in [5.74, 6) is -2.21. The molecule has 5 N–H and O–H groups in total. The van der Waals surface area contributed by atoms with Crippen LogP contribution in [0.1, 0.15) is 0 Å². The summed E-state index contributed by atoms with van der Waals surface area (Å²) >= 11 is 0. The molecule has 1 aromatic carbocycles. The van der Waals surface area contributed by atoms with Crippen molar-refractivity contribution in [2.45, 2.75) is 4.90 Å². The number of nitrogens with two attached hydrogens (primary N) is 1. The van der Waals surface area contributed by atoms with Crippen LogP contribution in [0.3, 0.4) is 0 Å². The number of nitrogens with one attached hydrogen (secondary N) is 1. The molecule has 0 bridgehead atoms. The highest BCUT2D eigenvalue weighted by molar-refractivity contribution is 7.85. The van der Waals surface area contributed by atoms with Gasteiger partial charge in [-0.15, -0.1) is 0 Å². The van der Waals surface area contributed by atoms with Gasteiger partial charge in [-0.2, -0.15) is 8.42 Å². The van der Waals surface area contributed by atoms with Gasteiger partial charge >= 0.3 is 5.97 Å². The lowest BCUT2D eigenvalue weighted by atomic mass is 10.3. The van der Waals surface area contributed by atoms with Crippen molar-refractivity contribution in [3.05, 3.63) is 36.0 Å². The average Bonchev–Trinajstić information content (AvgIpc) is 2.28. The summed E-state index contributed by atoms with van der Waals surface area (Å²) in [6.45, 7) is 0. The fourth-order valence-corrected chi connectivity index (χ4v) is 1.57. The van der Waals surface area contributed by atoms with Gasteiger partial charge in [-0.05, 0) is 24.3 Å². The molecule has 0 heterocycles. The molecule has 19 heavy (non-hydrogen) atoms. The second-order valence-electron chi connectivity index (χ2n) is 3.39. The largest absolute Gasteiger partial charge is 0.477 e. The van der Waals surface area contributed by atoms with Crippen molar-refractivity contribution in [3.8, 4) is 0 Å². The SMILES string of the molecule is NC(=CC(=O)Nc1ccc(S(=O)(=O)O)cc1)C(=O)O. The molecule has 1 amide bonds. The molecule has 1 rings (SSSR count). The van der Waals surface area contributed by atoms with Gasteiger partial charge in [0.1, 0.15) is 5.70 Å².